The van der Waals surface area contributed by atoms with Gasteiger partial charge in [0.15, 0.2) is 0 Å². The van der Waals surface area contributed by atoms with E-state index in [2.05, 4.69) is 46.7 Å². The van der Waals surface area contributed by atoms with Gasteiger partial charge in [-0.25, -0.2) is 9.18 Å². The van der Waals surface area contributed by atoms with Gasteiger partial charge in [0.25, 0.3) is 0 Å². The third kappa shape index (κ3) is 6.07. The van der Waals surface area contributed by atoms with Crippen LogP contribution >= 0.6 is 0 Å². The predicted octanol–water partition coefficient (Wildman–Crippen LogP) is 3.64. The minimum absolute atomic E-state index is 0.135. The molecular formula is C22H28FN3O. The lowest BCUT2D eigenvalue weighted by atomic mass is 10.0. The van der Waals surface area contributed by atoms with Crippen LogP contribution in [0.3, 0.4) is 0 Å². The van der Waals surface area contributed by atoms with Crippen LogP contribution in [0.25, 0.3) is 0 Å². The highest BCUT2D eigenvalue weighted by Crippen LogP contribution is 2.16. The van der Waals surface area contributed by atoms with Crippen LogP contribution in [-0.2, 0) is 13.0 Å². The first kappa shape index (κ1) is 19.4. The van der Waals surface area contributed by atoms with Crippen LogP contribution in [0, 0.1) is 12.7 Å². The minimum Gasteiger partial charge on any atom is -0.338 e. The topological polar surface area (TPSA) is 44.4 Å². The number of likely N-dealkylation sites (tertiary alicyclic amines) is 1. The SMILES string of the molecule is Cc1ccccc1CN1CCC(NC(=O)NCCc2cccc(F)c2)CC1. The highest BCUT2D eigenvalue weighted by Gasteiger charge is 2.20. The van der Waals surface area contributed by atoms with Crippen molar-refractivity contribution in [3.8, 4) is 0 Å². The van der Waals surface area contributed by atoms with E-state index in [-0.39, 0.29) is 17.9 Å². The number of nitrogens with zero attached hydrogens (tertiary/aromatic N) is 1. The molecule has 1 aliphatic rings. The summed E-state index contributed by atoms with van der Waals surface area (Å²) in [5, 5.41) is 5.93. The maximum absolute atomic E-state index is 13.1. The van der Waals surface area contributed by atoms with Crippen molar-refractivity contribution in [3.63, 3.8) is 0 Å². The van der Waals surface area contributed by atoms with Crippen molar-refractivity contribution in [1.82, 2.24) is 15.5 Å². The highest BCUT2D eigenvalue weighted by atomic mass is 19.1. The lowest BCUT2D eigenvalue weighted by molar-refractivity contribution is 0.186. The molecule has 1 heterocycles. The number of urea groups is 1. The summed E-state index contributed by atoms with van der Waals surface area (Å²) in [6, 6.07) is 15.1. The Hall–Kier alpha value is -2.40. The van der Waals surface area contributed by atoms with Gasteiger partial charge in [-0.1, -0.05) is 36.4 Å². The molecule has 2 N–H and O–H groups in total. The summed E-state index contributed by atoms with van der Waals surface area (Å²) in [4.78, 5) is 14.5. The summed E-state index contributed by atoms with van der Waals surface area (Å²) in [6.45, 7) is 5.60. The average molecular weight is 369 g/mol. The van der Waals surface area contributed by atoms with Crippen molar-refractivity contribution in [2.75, 3.05) is 19.6 Å². The number of hydrogen-bond donors (Lipinski definition) is 2. The van der Waals surface area contributed by atoms with Gasteiger partial charge < -0.3 is 10.6 Å². The second-order valence-electron chi connectivity index (χ2n) is 7.26. The summed E-state index contributed by atoms with van der Waals surface area (Å²) in [5.74, 6) is -0.241. The minimum atomic E-state index is -0.241. The number of amides is 2. The first-order valence-electron chi connectivity index (χ1n) is 9.66. The van der Waals surface area contributed by atoms with Crippen LogP contribution < -0.4 is 10.6 Å². The largest absolute Gasteiger partial charge is 0.338 e. The molecule has 1 fully saturated rings. The Bertz CT molecular complexity index is 757. The highest BCUT2D eigenvalue weighted by molar-refractivity contribution is 5.74. The average Bonchev–Trinajstić information content (AvgIpc) is 2.65. The first-order chi connectivity index (χ1) is 13.1. The molecular weight excluding hydrogens is 341 g/mol. The normalized spacial score (nSPS) is 15.5. The Morgan fingerprint density at radius 2 is 1.93 bits per heavy atom. The number of benzene rings is 2. The summed E-state index contributed by atoms with van der Waals surface area (Å²) >= 11 is 0. The van der Waals surface area contributed by atoms with Crippen molar-refractivity contribution in [2.24, 2.45) is 0 Å². The molecule has 0 aliphatic carbocycles. The molecule has 0 saturated carbocycles. The van der Waals surface area contributed by atoms with E-state index in [0.717, 1.165) is 38.0 Å². The van der Waals surface area contributed by atoms with Gasteiger partial charge in [-0.3, -0.25) is 4.90 Å². The first-order valence-corrected chi connectivity index (χ1v) is 9.66. The molecule has 0 atom stereocenters. The van der Waals surface area contributed by atoms with E-state index in [9.17, 15) is 9.18 Å². The third-order valence-electron chi connectivity index (χ3n) is 5.17. The van der Waals surface area contributed by atoms with E-state index in [0.29, 0.717) is 13.0 Å². The number of aryl methyl sites for hydroxylation is 1. The second-order valence-corrected chi connectivity index (χ2v) is 7.26. The van der Waals surface area contributed by atoms with Gasteiger partial charge in [-0.2, -0.15) is 0 Å². The van der Waals surface area contributed by atoms with E-state index in [1.165, 1.54) is 23.3 Å². The van der Waals surface area contributed by atoms with Crippen molar-refractivity contribution in [2.45, 2.75) is 38.8 Å². The molecule has 0 spiro atoms. The van der Waals surface area contributed by atoms with E-state index in [1.54, 1.807) is 6.07 Å². The molecule has 2 aromatic rings. The monoisotopic (exact) mass is 369 g/mol. The second kappa shape index (κ2) is 9.51. The van der Waals surface area contributed by atoms with Crippen LogP contribution in [0.2, 0.25) is 0 Å². The van der Waals surface area contributed by atoms with Gasteiger partial charge in [-0.05, 0) is 55.0 Å². The van der Waals surface area contributed by atoms with E-state index in [1.807, 2.05) is 6.07 Å². The number of hydrogen-bond acceptors (Lipinski definition) is 2. The Morgan fingerprint density at radius 1 is 1.15 bits per heavy atom. The fraction of sp³-hybridized carbons (Fsp3) is 0.409. The molecule has 0 aromatic heterocycles. The fourth-order valence-electron chi connectivity index (χ4n) is 3.51. The lowest BCUT2D eigenvalue weighted by Crippen LogP contribution is -2.48. The zero-order valence-corrected chi connectivity index (χ0v) is 15.9. The smallest absolute Gasteiger partial charge is 0.315 e. The van der Waals surface area contributed by atoms with Crippen LogP contribution in [0.1, 0.15) is 29.5 Å². The van der Waals surface area contributed by atoms with Crippen LogP contribution in [0.5, 0.6) is 0 Å². The van der Waals surface area contributed by atoms with Crippen molar-refractivity contribution in [3.05, 3.63) is 71.0 Å². The van der Waals surface area contributed by atoms with Crippen molar-refractivity contribution < 1.29 is 9.18 Å². The fourth-order valence-corrected chi connectivity index (χ4v) is 3.51. The Balaban J connectivity index is 1.35. The zero-order valence-electron chi connectivity index (χ0n) is 15.9. The summed E-state index contributed by atoms with van der Waals surface area (Å²) in [5.41, 5.74) is 3.59. The molecule has 0 unspecified atom stereocenters. The standard InChI is InChI=1S/C22H28FN3O/c1-17-5-2-3-7-19(17)16-26-13-10-21(11-14-26)25-22(27)24-12-9-18-6-4-8-20(23)15-18/h2-8,15,21H,9-14,16H2,1H3,(H2,24,25,27). The van der Waals surface area contributed by atoms with Gasteiger partial charge >= 0.3 is 6.03 Å². The van der Waals surface area contributed by atoms with Crippen LogP contribution in [0.15, 0.2) is 48.5 Å². The number of carbonyl (C=O) groups excluding carboxylic acids is 1. The Morgan fingerprint density at radius 3 is 2.67 bits per heavy atom. The maximum Gasteiger partial charge on any atom is 0.315 e. The number of halogens is 1. The quantitative estimate of drug-likeness (QED) is 0.816. The summed E-state index contributed by atoms with van der Waals surface area (Å²) in [7, 11) is 0. The van der Waals surface area contributed by atoms with Gasteiger partial charge in [0, 0.05) is 32.2 Å². The summed E-state index contributed by atoms with van der Waals surface area (Å²) < 4.78 is 13.1. The maximum atomic E-state index is 13.1. The van der Waals surface area contributed by atoms with Crippen LogP contribution in [-0.4, -0.2) is 36.6 Å². The summed E-state index contributed by atoms with van der Waals surface area (Å²) in [6.07, 6.45) is 2.55. The molecule has 1 saturated heterocycles. The number of rotatable bonds is 6. The van der Waals surface area contributed by atoms with E-state index < -0.39 is 0 Å². The molecule has 0 bridgehead atoms. The van der Waals surface area contributed by atoms with E-state index >= 15 is 0 Å². The molecule has 0 radical (unpaired) electrons. The number of nitrogens with one attached hydrogen (secondary N) is 2. The predicted molar refractivity (Wildman–Crippen MR) is 106 cm³/mol. The number of carbonyl (C=O) groups is 1. The number of piperidine rings is 1. The van der Waals surface area contributed by atoms with Gasteiger partial charge in [0.05, 0.1) is 0 Å². The molecule has 4 nitrogen and oxygen atoms in total. The van der Waals surface area contributed by atoms with Crippen LogP contribution in [0.4, 0.5) is 9.18 Å². The lowest BCUT2D eigenvalue weighted by Gasteiger charge is -2.32. The van der Waals surface area contributed by atoms with Crippen molar-refractivity contribution in [1.29, 1.82) is 0 Å². The van der Waals surface area contributed by atoms with Gasteiger partial charge in [-0.15, -0.1) is 0 Å². The van der Waals surface area contributed by atoms with Crippen molar-refractivity contribution >= 4 is 6.03 Å². The molecule has 2 aromatic carbocycles. The molecule has 1 aliphatic heterocycles. The molecule has 144 valence electrons. The zero-order chi connectivity index (χ0) is 19.1. The van der Waals surface area contributed by atoms with Gasteiger partial charge in [0.2, 0.25) is 0 Å². The molecule has 2 amide bonds. The molecule has 27 heavy (non-hydrogen) atoms. The molecule has 3 rings (SSSR count). The molecule has 5 heteroatoms. The van der Waals surface area contributed by atoms with Gasteiger partial charge in [0.1, 0.15) is 5.82 Å². The Labute approximate surface area is 160 Å². The Kier molecular flexibility index (Phi) is 6.82. The van der Waals surface area contributed by atoms with E-state index in [4.69, 9.17) is 0 Å². The third-order valence-corrected chi connectivity index (χ3v) is 5.17.